The molecule has 7 nitrogen and oxygen atoms in total. The highest BCUT2D eigenvalue weighted by atomic mass is 16.2. The van der Waals surface area contributed by atoms with Gasteiger partial charge in [-0.3, -0.25) is 14.0 Å². The molecule has 0 N–H and O–H groups in total. The third-order valence-corrected chi connectivity index (χ3v) is 4.02. The molecule has 0 saturated carbocycles. The highest BCUT2D eigenvalue weighted by Crippen LogP contribution is 2.28. The molecule has 0 unspecified atom stereocenters. The van der Waals surface area contributed by atoms with Gasteiger partial charge in [-0.1, -0.05) is 13.8 Å². The molecule has 3 rings (SSSR count). The lowest BCUT2D eigenvalue weighted by Gasteiger charge is -2.34. The number of carbonyl (C=O) groups excluding carboxylic acids is 1. The molecule has 118 valence electrons. The maximum absolute atomic E-state index is 12.7. The van der Waals surface area contributed by atoms with Gasteiger partial charge in [0.25, 0.3) is 0 Å². The van der Waals surface area contributed by atoms with Crippen LogP contribution in [0.15, 0.2) is 18.5 Å². The first-order valence-corrected chi connectivity index (χ1v) is 7.79. The number of hydrogen-bond donors (Lipinski definition) is 0. The number of rotatable bonds is 5. The smallest absolute Gasteiger partial charge is 0.246 e. The summed E-state index contributed by atoms with van der Waals surface area (Å²) in [4.78, 5) is 14.6. The highest BCUT2D eigenvalue weighted by Gasteiger charge is 2.35. The zero-order valence-electron chi connectivity index (χ0n) is 13.3. The maximum Gasteiger partial charge on any atom is 0.246 e. The lowest BCUT2D eigenvalue weighted by atomic mass is 10.0. The van der Waals surface area contributed by atoms with E-state index >= 15 is 0 Å². The van der Waals surface area contributed by atoms with Gasteiger partial charge in [-0.05, 0) is 25.3 Å². The Labute approximate surface area is 129 Å². The highest BCUT2D eigenvalue weighted by molar-refractivity contribution is 5.81. The quantitative estimate of drug-likeness (QED) is 0.839. The fourth-order valence-electron chi connectivity index (χ4n) is 2.97. The molecule has 0 saturated heterocycles. The Bertz CT molecular complexity index is 645. The summed E-state index contributed by atoms with van der Waals surface area (Å²) in [5, 5.41) is 12.8. The van der Waals surface area contributed by atoms with E-state index in [1.54, 1.807) is 10.9 Å². The molecule has 0 aromatic carbocycles. The van der Waals surface area contributed by atoms with E-state index in [4.69, 9.17) is 0 Å². The lowest BCUT2D eigenvalue weighted by molar-refractivity contribution is -0.137. The normalized spacial score (nSPS) is 18.1. The summed E-state index contributed by atoms with van der Waals surface area (Å²) in [6, 6.07) is 1.67. The van der Waals surface area contributed by atoms with E-state index in [0.717, 1.165) is 18.1 Å². The fraction of sp³-hybridized carbons (Fsp3) is 0.600. The first kappa shape index (κ1) is 14.7. The molecule has 2 aromatic heterocycles. The molecule has 0 radical (unpaired) electrons. The van der Waals surface area contributed by atoms with Crippen LogP contribution in [0.1, 0.15) is 44.9 Å². The maximum atomic E-state index is 12.7. The van der Waals surface area contributed by atoms with Crippen molar-refractivity contribution < 1.29 is 4.79 Å². The van der Waals surface area contributed by atoms with E-state index in [1.807, 2.05) is 28.7 Å². The number of nitrogens with zero attached hydrogens (tertiary/aromatic N) is 6. The lowest BCUT2D eigenvalue weighted by Crippen LogP contribution is -2.43. The first-order valence-electron chi connectivity index (χ1n) is 7.79. The molecule has 0 fully saturated rings. The van der Waals surface area contributed by atoms with Crippen molar-refractivity contribution in [3.63, 3.8) is 0 Å². The number of carbonyl (C=O) groups is 1. The molecular weight excluding hydrogens is 280 g/mol. The Kier molecular flexibility index (Phi) is 3.96. The molecule has 1 aliphatic heterocycles. The van der Waals surface area contributed by atoms with Gasteiger partial charge in [0.15, 0.2) is 11.6 Å². The fourth-order valence-corrected chi connectivity index (χ4v) is 2.97. The monoisotopic (exact) mass is 302 g/mol. The second-order valence-electron chi connectivity index (χ2n) is 6.10. The topological polar surface area (TPSA) is 68.8 Å². The minimum Gasteiger partial charge on any atom is -0.334 e. The van der Waals surface area contributed by atoms with Crippen molar-refractivity contribution in [1.82, 2.24) is 29.4 Å². The average Bonchev–Trinajstić information content (AvgIpc) is 3.12. The second kappa shape index (κ2) is 5.90. The van der Waals surface area contributed by atoms with E-state index in [0.29, 0.717) is 25.6 Å². The predicted octanol–water partition coefficient (Wildman–Crippen LogP) is 1.47. The van der Waals surface area contributed by atoms with Gasteiger partial charge in [0.1, 0.15) is 12.6 Å². The molecule has 7 heteroatoms. The van der Waals surface area contributed by atoms with Crippen LogP contribution in [0.4, 0.5) is 0 Å². The minimum atomic E-state index is -0.204. The second-order valence-corrected chi connectivity index (χ2v) is 6.10. The van der Waals surface area contributed by atoms with Crippen LogP contribution in [0.5, 0.6) is 0 Å². The number of aromatic nitrogens is 5. The van der Waals surface area contributed by atoms with E-state index in [-0.39, 0.29) is 11.9 Å². The Morgan fingerprint density at radius 3 is 2.82 bits per heavy atom. The van der Waals surface area contributed by atoms with E-state index in [9.17, 15) is 4.79 Å². The van der Waals surface area contributed by atoms with E-state index in [1.165, 1.54) is 0 Å². The first-order chi connectivity index (χ1) is 10.6. The van der Waals surface area contributed by atoms with Crippen LogP contribution in [0, 0.1) is 5.92 Å². The Morgan fingerprint density at radius 2 is 2.18 bits per heavy atom. The van der Waals surface area contributed by atoms with Crippen molar-refractivity contribution in [2.24, 2.45) is 5.92 Å². The molecule has 1 atom stereocenters. The number of amides is 1. The molecule has 2 aromatic rings. The zero-order chi connectivity index (χ0) is 15.7. The molecule has 3 heterocycles. The van der Waals surface area contributed by atoms with Crippen molar-refractivity contribution in [2.45, 2.75) is 46.3 Å². The third kappa shape index (κ3) is 2.63. The van der Waals surface area contributed by atoms with Crippen molar-refractivity contribution in [3.8, 4) is 0 Å². The van der Waals surface area contributed by atoms with Gasteiger partial charge < -0.3 is 4.90 Å². The summed E-state index contributed by atoms with van der Waals surface area (Å²) in [5.74, 6) is 2.27. The number of fused-ring (bicyclic) bond motifs is 1. The zero-order valence-corrected chi connectivity index (χ0v) is 13.3. The Morgan fingerprint density at radius 1 is 1.36 bits per heavy atom. The number of likely N-dealkylation sites (N-methyl/N-ethyl adjacent to an activating group) is 1. The third-order valence-electron chi connectivity index (χ3n) is 4.02. The van der Waals surface area contributed by atoms with Crippen molar-refractivity contribution in [2.75, 3.05) is 6.54 Å². The summed E-state index contributed by atoms with van der Waals surface area (Å²) in [6.07, 6.45) is 4.43. The van der Waals surface area contributed by atoms with Crippen LogP contribution in [-0.2, 0) is 17.9 Å². The molecule has 1 amide bonds. The molecular formula is C15H22N6O. The molecule has 0 aliphatic carbocycles. The Hall–Kier alpha value is -2.18. The molecule has 22 heavy (non-hydrogen) atoms. The van der Waals surface area contributed by atoms with Gasteiger partial charge in [-0.2, -0.15) is 5.10 Å². The average molecular weight is 302 g/mol. The van der Waals surface area contributed by atoms with Gasteiger partial charge >= 0.3 is 0 Å². The minimum absolute atomic E-state index is 0.171. The van der Waals surface area contributed by atoms with Crippen molar-refractivity contribution >= 4 is 5.91 Å². The van der Waals surface area contributed by atoms with Gasteiger partial charge in [-0.15, -0.1) is 10.2 Å². The molecule has 1 aliphatic rings. The summed E-state index contributed by atoms with van der Waals surface area (Å²) < 4.78 is 3.83. The van der Waals surface area contributed by atoms with E-state index < -0.39 is 0 Å². The molecule has 0 spiro atoms. The van der Waals surface area contributed by atoms with Crippen LogP contribution in [-0.4, -0.2) is 41.9 Å². The summed E-state index contributed by atoms with van der Waals surface area (Å²) >= 11 is 0. The summed E-state index contributed by atoms with van der Waals surface area (Å²) in [7, 11) is 0. The van der Waals surface area contributed by atoms with Gasteiger partial charge in [0, 0.05) is 18.9 Å². The van der Waals surface area contributed by atoms with Crippen molar-refractivity contribution in [3.05, 3.63) is 30.1 Å². The SMILES string of the molecule is CCN1Cc2nnc(Cn3cccn3)n2[C@@H](CC(C)C)C1=O. The largest absolute Gasteiger partial charge is 0.334 e. The van der Waals surface area contributed by atoms with Crippen LogP contribution < -0.4 is 0 Å². The van der Waals surface area contributed by atoms with Crippen LogP contribution in [0.2, 0.25) is 0 Å². The van der Waals surface area contributed by atoms with Crippen LogP contribution in [0.25, 0.3) is 0 Å². The van der Waals surface area contributed by atoms with Crippen molar-refractivity contribution in [1.29, 1.82) is 0 Å². The van der Waals surface area contributed by atoms with E-state index in [2.05, 4.69) is 29.1 Å². The van der Waals surface area contributed by atoms with Gasteiger partial charge in [0.05, 0.1) is 6.54 Å². The summed E-state index contributed by atoms with van der Waals surface area (Å²) in [5.41, 5.74) is 0. The summed E-state index contributed by atoms with van der Waals surface area (Å²) in [6.45, 7) is 8.05. The molecule has 0 bridgehead atoms. The predicted molar refractivity (Wildman–Crippen MR) is 80.9 cm³/mol. The van der Waals surface area contributed by atoms with Gasteiger partial charge in [-0.25, -0.2) is 0 Å². The Balaban J connectivity index is 1.97. The van der Waals surface area contributed by atoms with Crippen LogP contribution >= 0.6 is 0 Å². The van der Waals surface area contributed by atoms with Crippen LogP contribution in [0.3, 0.4) is 0 Å². The number of hydrogen-bond acceptors (Lipinski definition) is 4. The van der Waals surface area contributed by atoms with Gasteiger partial charge in [0.2, 0.25) is 5.91 Å². The standard InChI is InChI=1S/C15H22N6O/c1-4-19-9-13-17-18-14(10-20-7-5-6-16-20)21(13)12(15(19)22)8-11(2)3/h5-7,11-12H,4,8-10H2,1-3H3/t12-/m0/s1.